The highest BCUT2D eigenvalue weighted by molar-refractivity contribution is 14.0. The van der Waals surface area contributed by atoms with Gasteiger partial charge in [-0.05, 0) is 48.1 Å². The molecule has 1 aromatic carbocycles. The Morgan fingerprint density at radius 2 is 1.93 bits per heavy atom. The van der Waals surface area contributed by atoms with Gasteiger partial charge in [0.15, 0.2) is 5.96 Å². The number of halogens is 1. The lowest BCUT2D eigenvalue weighted by molar-refractivity contribution is 0.146. The number of anilines is 1. The average Bonchev–Trinajstić information content (AvgIpc) is 3.27. The fourth-order valence-electron chi connectivity index (χ4n) is 3.21. The second-order valence-electron chi connectivity index (χ2n) is 6.77. The normalized spacial score (nSPS) is 15.0. The number of aliphatic imine (C=N–C) groups is 1. The molecule has 0 atom stereocenters. The zero-order chi connectivity index (χ0) is 19.6. The van der Waals surface area contributed by atoms with Gasteiger partial charge in [-0.3, -0.25) is 4.99 Å². The number of guanidine groups is 1. The maximum absolute atomic E-state index is 5.60. The molecule has 0 radical (unpaired) electrons. The lowest BCUT2D eigenvalue weighted by Gasteiger charge is -2.33. The van der Waals surface area contributed by atoms with Gasteiger partial charge in [0.05, 0.1) is 11.6 Å². The van der Waals surface area contributed by atoms with Crippen LogP contribution in [0.25, 0.3) is 0 Å². The van der Waals surface area contributed by atoms with Gasteiger partial charge in [-0.15, -0.1) is 35.3 Å². The maximum atomic E-state index is 5.60. The minimum absolute atomic E-state index is 0. The van der Waals surface area contributed by atoms with Crippen LogP contribution in [0.5, 0.6) is 5.75 Å². The molecule has 1 fully saturated rings. The van der Waals surface area contributed by atoms with E-state index in [0.717, 1.165) is 44.2 Å². The highest BCUT2D eigenvalue weighted by Gasteiger charge is 2.20. The zero-order valence-electron chi connectivity index (χ0n) is 17.1. The summed E-state index contributed by atoms with van der Waals surface area (Å²) >= 11 is 1.82. The molecule has 3 rings (SSSR count). The molecule has 1 aliphatic heterocycles. The molecule has 1 saturated heterocycles. The Balaban J connectivity index is 0.00000300. The molecule has 0 unspecified atom stereocenters. The number of thiophene rings is 1. The van der Waals surface area contributed by atoms with E-state index in [1.165, 1.54) is 10.6 Å². The predicted octanol–water partition coefficient (Wildman–Crippen LogP) is 3.73. The van der Waals surface area contributed by atoms with Crippen LogP contribution < -0.4 is 20.3 Å². The Morgan fingerprint density at radius 3 is 2.55 bits per heavy atom. The van der Waals surface area contributed by atoms with Crippen molar-refractivity contribution in [3.63, 3.8) is 0 Å². The highest BCUT2D eigenvalue weighted by atomic mass is 127. The second kappa shape index (κ2) is 12.9. The molecular weight excluding hydrogens is 499 g/mol. The molecule has 0 bridgehead atoms. The van der Waals surface area contributed by atoms with Crippen LogP contribution in [-0.2, 0) is 11.3 Å². The van der Waals surface area contributed by atoms with E-state index in [2.05, 4.69) is 50.2 Å². The van der Waals surface area contributed by atoms with Gasteiger partial charge in [0.1, 0.15) is 12.4 Å². The first-order valence-electron chi connectivity index (χ1n) is 9.75. The summed E-state index contributed by atoms with van der Waals surface area (Å²) in [5.74, 6) is 1.72. The number of nitrogens with zero attached hydrogens (tertiary/aromatic N) is 2. The monoisotopic (exact) mass is 530 g/mol. The van der Waals surface area contributed by atoms with E-state index < -0.39 is 0 Å². The van der Waals surface area contributed by atoms with Crippen LogP contribution in [0.1, 0.15) is 18.4 Å². The first kappa shape index (κ1) is 23.8. The third kappa shape index (κ3) is 7.67. The van der Waals surface area contributed by atoms with Crippen molar-refractivity contribution in [2.75, 3.05) is 45.4 Å². The summed E-state index contributed by atoms with van der Waals surface area (Å²) in [6, 6.07) is 12.9. The Bertz CT molecular complexity index is 717. The fourth-order valence-corrected chi connectivity index (χ4v) is 4.00. The first-order chi connectivity index (χ1) is 13.8. The number of ether oxygens (including phenoxy) is 2. The molecule has 6 nitrogen and oxygen atoms in total. The third-order valence-corrected chi connectivity index (χ3v) is 5.75. The summed E-state index contributed by atoms with van der Waals surface area (Å²) < 4.78 is 10.6. The number of benzene rings is 1. The second-order valence-corrected chi connectivity index (χ2v) is 7.69. The molecule has 0 spiro atoms. The Kier molecular flexibility index (Phi) is 10.6. The van der Waals surface area contributed by atoms with Crippen LogP contribution in [-0.4, -0.2) is 52.5 Å². The van der Waals surface area contributed by atoms with Crippen LogP contribution in [0.3, 0.4) is 0 Å². The Hall–Kier alpha value is -1.52. The smallest absolute Gasteiger partial charge is 0.191 e. The zero-order valence-corrected chi connectivity index (χ0v) is 20.2. The van der Waals surface area contributed by atoms with Crippen LogP contribution >= 0.6 is 35.3 Å². The number of rotatable bonds is 8. The van der Waals surface area contributed by atoms with Crippen LogP contribution in [0.4, 0.5) is 5.00 Å². The summed E-state index contributed by atoms with van der Waals surface area (Å²) in [4.78, 5) is 6.85. The fraction of sp³-hybridized carbons (Fsp3) is 0.476. The molecule has 0 aliphatic carbocycles. The van der Waals surface area contributed by atoms with Gasteiger partial charge in [-0.25, -0.2) is 0 Å². The largest absolute Gasteiger partial charge is 0.491 e. The van der Waals surface area contributed by atoms with Gasteiger partial charge in [0.2, 0.25) is 0 Å². The van der Waals surface area contributed by atoms with Gasteiger partial charge in [-0.1, -0.05) is 12.1 Å². The van der Waals surface area contributed by atoms with E-state index in [1.54, 1.807) is 7.11 Å². The van der Waals surface area contributed by atoms with E-state index in [0.29, 0.717) is 19.3 Å². The molecule has 8 heteroatoms. The average molecular weight is 530 g/mol. The van der Waals surface area contributed by atoms with Crippen molar-refractivity contribution in [2.24, 2.45) is 4.99 Å². The van der Waals surface area contributed by atoms with E-state index in [-0.39, 0.29) is 24.0 Å². The molecule has 1 aliphatic rings. The lowest BCUT2D eigenvalue weighted by Crippen LogP contribution is -2.48. The van der Waals surface area contributed by atoms with Gasteiger partial charge >= 0.3 is 0 Å². The number of hydrogen-bond acceptors (Lipinski definition) is 5. The maximum Gasteiger partial charge on any atom is 0.191 e. The summed E-state index contributed by atoms with van der Waals surface area (Å²) in [7, 11) is 3.50. The van der Waals surface area contributed by atoms with Gasteiger partial charge in [0, 0.05) is 39.8 Å². The van der Waals surface area contributed by atoms with Gasteiger partial charge in [0.25, 0.3) is 0 Å². The third-order valence-electron chi connectivity index (χ3n) is 4.82. The van der Waals surface area contributed by atoms with Crippen molar-refractivity contribution < 1.29 is 9.47 Å². The highest BCUT2D eigenvalue weighted by Crippen LogP contribution is 2.24. The summed E-state index contributed by atoms with van der Waals surface area (Å²) in [5.41, 5.74) is 1.19. The quantitative estimate of drug-likeness (QED) is 0.236. The standard InChI is InChI=1S/C21H30N4O2S.HI/c1-22-21(23-16-17-5-7-19(8-6-17)27-14-13-26-2)24-18-9-11-25(12-10-18)20-4-3-15-28-20;/h3-8,15,18H,9-14,16H2,1-2H3,(H2,22,23,24);1H. The van der Waals surface area contributed by atoms with Crippen molar-refractivity contribution in [3.05, 3.63) is 47.3 Å². The first-order valence-corrected chi connectivity index (χ1v) is 10.6. The number of nitrogens with one attached hydrogen (secondary N) is 2. The molecule has 1 aromatic heterocycles. The molecule has 2 aromatic rings. The van der Waals surface area contributed by atoms with Gasteiger partial charge in [-0.2, -0.15) is 0 Å². The molecule has 160 valence electrons. The number of hydrogen-bond donors (Lipinski definition) is 2. The minimum Gasteiger partial charge on any atom is -0.491 e. The van der Waals surface area contributed by atoms with Crippen molar-refractivity contribution in [3.8, 4) is 5.75 Å². The number of methoxy groups -OCH3 is 1. The molecule has 2 N–H and O–H groups in total. The van der Waals surface area contributed by atoms with Crippen molar-refractivity contribution in [1.82, 2.24) is 10.6 Å². The van der Waals surface area contributed by atoms with E-state index in [4.69, 9.17) is 9.47 Å². The molecule has 29 heavy (non-hydrogen) atoms. The van der Waals surface area contributed by atoms with Crippen LogP contribution in [0.15, 0.2) is 46.8 Å². The number of piperidine rings is 1. The van der Waals surface area contributed by atoms with E-state index >= 15 is 0 Å². The van der Waals surface area contributed by atoms with E-state index in [1.807, 2.05) is 30.5 Å². The van der Waals surface area contributed by atoms with Gasteiger partial charge < -0.3 is 25.0 Å². The lowest BCUT2D eigenvalue weighted by atomic mass is 10.1. The summed E-state index contributed by atoms with van der Waals surface area (Å²) in [6.07, 6.45) is 2.23. The topological polar surface area (TPSA) is 58.1 Å². The van der Waals surface area contributed by atoms with Crippen LogP contribution in [0.2, 0.25) is 0 Å². The molecular formula is C21H31IN4O2S. The van der Waals surface area contributed by atoms with E-state index in [9.17, 15) is 0 Å². The van der Waals surface area contributed by atoms with Crippen LogP contribution in [0, 0.1) is 0 Å². The summed E-state index contributed by atoms with van der Waals surface area (Å²) in [5, 5.41) is 10.5. The molecule has 0 amide bonds. The molecule has 0 saturated carbocycles. The Labute approximate surface area is 194 Å². The minimum atomic E-state index is 0. The van der Waals surface area contributed by atoms with Crippen molar-refractivity contribution >= 4 is 46.3 Å². The van der Waals surface area contributed by atoms with Crippen molar-refractivity contribution in [1.29, 1.82) is 0 Å². The summed E-state index contributed by atoms with van der Waals surface area (Å²) in [6.45, 7) is 4.05. The Morgan fingerprint density at radius 1 is 1.17 bits per heavy atom. The predicted molar refractivity (Wildman–Crippen MR) is 132 cm³/mol. The SMILES string of the molecule is CN=C(NCc1ccc(OCCOC)cc1)NC1CCN(c2cccs2)CC1.I. The molecule has 2 heterocycles. The van der Waals surface area contributed by atoms with Crippen molar-refractivity contribution in [2.45, 2.75) is 25.4 Å².